The Morgan fingerprint density at radius 3 is 1.46 bits per heavy atom. The Hall–Kier alpha value is -4.70. The van der Waals surface area contributed by atoms with E-state index in [0.717, 1.165) is 24.3 Å². The zero-order valence-corrected chi connectivity index (χ0v) is 18.7. The average Bonchev–Trinajstić information content (AvgIpc) is 2.78. The van der Waals surface area contributed by atoms with Gasteiger partial charge in [0.2, 0.25) is 0 Å². The topological polar surface area (TPSA) is 168 Å². The quantitative estimate of drug-likeness (QED) is 0.207. The van der Waals surface area contributed by atoms with Crippen molar-refractivity contribution in [2.45, 2.75) is 14.7 Å². The Morgan fingerprint density at radius 2 is 1.00 bits per heavy atom. The molecule has 0 aromatic heterocycles. The first-order valence-electron chi connectivity index (χ1n) is 10.0. The molecule has 0 unspecified atom stereocenters. The summed E-state index contributed by atoms with van der Waals surface area (Å²) >= 11 is 0. The molecule has 10 heteroatoms. The number of hydrogen-bond acceptors (Lipinski definition) is 9. The lowest BCUT2D eigenvalue weighted by molar-refractivity contribution is 0.0754. The van der Waals surface area contributed by atoms with E-state index in [0.29, 0.717) is 0 Å². The van der Waals surface area contributed by atoms with Crippen LogP contribution in [0.25, 0.3) is 0 Å². The van der Waals surface area contributed by atoms with Crippen LogP contribution in [0, 0.1) is 0 Å². The third-order valence-electron chi connectivity index (χ3n) is 5.04. The number of carbonyl (C=O) groups is 1. The standard InChI is InChI=1S/C25H20O9S/c26-14-10-19(29)23(20(30)11-14)35(16-6-2-1-3-7-16,24-21(31)12-15(27)13-22(24)32)34-25(33)17-8-4-5-9-18(17)28/h1-13,26-32H. The molecule has 180 valence electrons. The van der Waals surface area contributed by atoms with E-state index in [-0.39, 0.29) is 10.5 Å². The first-order valence-corrected chi connectivity index (χ1v) is 11.6. The third-order valence-corrected chi connectivity index (χ3v) is 8.37. The zero-order valence-electron chi connectivity index (χ0n) is 17.9. The molecule has 4 aromatic carbocycles. The first-order chi connectivity index (χ1) is 16.6. The van der Waals surface area contributed by atoms with Crippen molar-refractivity contribution >= 4 is 16.3 Å². The van der Waals surface area contributed by atoms with Crippen LogP contribution in [0.5, 0.6) is 40.2 Å². The minimum Gasteiger partial charge on any atom is -0.508 e. The van der Waals surface area contributed by atoms with Gasteiger partial charge in [-0.05, 0) is 24.3 Å². The molecule has 0 radical (unpaired) electrons. The molecule has 0 spiro atoms. The molecule has 35 heavy (non-hydrogen) atoms. The van der Waals surface area contributed by atoms with Gasteiger partial charge in [0.05, 0.1) is 0 Å². The Balaban J connectivity index is 2.15. The van der Waals surface area contributed by atoms with E-state index in [1.54, 1.807) is 18.2 Å². The number of aromatic hydroxyl groups is 7. The molecule has 4 aromatic rings. The summed E-state index contributed by atoms with van der Waals surface area (Å²) in [5, 5.41) is 73.4. The van der Waals surface area contributed by atoms with Gasteiger partial charge in [0.1, 0.15) is 55.6 Å². The summed E-state index contributed by atoms with van der Waals surface area (Å²) in [6.45, 7) is 0. The van der Waals surface area contributed by atoms with Crippen LogP contribution in [0.2, 0.25) is 0 Å². The van der Waals surface area contributed by atoms with E-state index < -0.39 is 66.3 Å². The molecular formula is C25H20O9S. The van der Waals surface area contributed by atoms with Crippen molar-refractivity contribution in [3.05, 3.63) is 84.4 Å². The molecule has 0 aliphatic rings. The van der Waals surface area contributed by atoms with Crippen LogP contribution >= 0.6 is 10.3 Å². The maximum absolute atomic E-state index is 13.4. The summed E-state index contributed by atoms with van der Waals surface area (Å²) in [6, 6.07) is 16.8. The normalized spacial score (nSPS) is 11.7. The number of phenolic OH excluding ortho intramolecular Hbond substituents is 7. The highest BCUT2D eigenvalue weighted by Crippen LogP contribution is 2.77. The Morgan fingerprint density at radius 1 is 0.571 bits per heavy atom. The van der Waals surface area contributed by atoms with E-state index in [2.05, 4.69) is 0 Å². The van der Waals surface area contributed by atoms with Gasteiger partial charge in [0, 0.05) is 39.5 Å². The van der Waals surface area contributed by atoms with Crippen LogP contribution in [0.4, 0.5) is 0 Å². The van der Waals surface area contributed by atoms with Crippen molar-refractivity contribution in [1.82, 2.24) is 0 Å². The van der Waals surface area contributed by atoms with Gasteiger partial charge in [-0.3, -0.25) is 0 Å². The summed E-state index contributed by atoms with van der Waals surface area (Å²) in [5.74, 6) is -5.38. The van der Waals surface area contributed by atoms with Crippen LogP contribution in [-0.4, -0.2) is 41.7 Å². The molecule has 0 saturated carbocycles. The van der Waals surface area contributed by atoms with Crippen molar-refractivity contribution < 1.29 is 44.7 Å². The van der Waals surface area contributed by atoms with Crippen molar-refractivity contribution in [2.75, 3.05) is 0 Å². The molecule has 0 heterocycles. The molecule has 0 fully saturated rings. The lowest BCUT2D eigenvalue weighted by Crippen LogP contribution is -2.15. The number of carbonyl (C=O) groups excluding carboxylic acids is 1. The van der Waals surface area contributed by atoms with E-state index in [4.69, 9.17) is 4.18 Å². The summed E-state index contributed by atoms with van der Waals surface area (Å²) in [6.07, 6.45) is 0. The van der Waals surface area contributed by atoms with Crippen molar-refractivity contribution in [3.63, 3.8) is 0 Å². The van der Waals surface area contributed by atoms with Crippen molar-refractivity contribution in [2.24, 2.45) is 0 Å². The largest absolute Gasteiger partial charge is 0.508 e. The summed E-state index contributed by atoms with van der Waals surface area (Å²) in [4.78, 5) is 12.7. The van der Waals surface area contributed by atoms with Crippen molar-refractivity contribution in [1.29, 1.82) is 0 Å². The number of benzene rings is 4. The Kier molecular flexibility index (Phi) is 5.98. The van der Waals surface area contributed by atoms with Gasteiger partial charge in [-0.2, -0.15) is 0 Å². The third kappa shape index (κ3) is 4.06. The number of hydrogen-bond donors (Lipinski definition) is 7. The van der Waals surface area contributed by atoms with Crippen LogP contribution in [0.3, 0.4) is 0 Å². The van der Waals surface area contributed by atoms with Gasteiger partial charge in [0.25, 0.3) is 0 Å². The predicted octanol–water partition coefficient (Wildman–Crippen LogP) is 4.68. The van der Waals surface area contributed by atoms with Gasteiger partial charge in [-0.15, -0.1) is 0 Å². The maximum atomic E-state index is 13.4. The molecule has 0 atom stereocenters. The summed E-state index contributed by atoms with van der Waals surface area (Å²) < 4.78 is 5.95. The van der Waals surface area contributed by atoms with E-state index in [9.17, 15) is 40.5 Å². The highest BCUT2D eigenvalue weighted by Gasteiger charge is 2.45. The SMILES string of the molecule is O=C(OS(c1ccccc1)(c1c(O)cc(O)cc1O)c1c(O)cc(O)cc1O)c1ccccc1O. The molecule has 0 aliphatic heterocycles. The van der Waals surface area contributed by atoms with Crippen LogP contribution in [0.1, 0.15) is 10.4 Å². The molecule has 0 saturated heterocycles. The molecule has 0 aliphatic carbocycles. The first kappa shape index (κ1) is 23.5. The number of para-hydroxylation sites is 1. The Labute approximate surface area is 200 Å². The fourth-order valence-electron chi connectivity index (χ4n) is 3.64. The maximum Gasteiger partial charge on any atom is 0.353 e. The minimum absolute atomic E-state index is 0.136. The molecule has 9 nitrogen and oxygen atoms in total. The molecular weight excluding hydrogens is 476 g/mol. The second-order valence-corrected chi connectivity index (χ2v) is 9.95. The highest BCUT2D eigenvalue weighted by molar-refractivity contribution is 8.30. The van der Waals surface area contributed by atoms with Gasteiger partial charge >= 0.3 is 5.97 Å². The van der Waals surface area contributed by atoms with Gasteiger partial charge < -0.3 is 39.9 Å². The molecule has 0 bridgehead atoms. The summed E-state index contributed by atoms with van der Waals surface area (Å²) in [5.41, 5.74) is -0.268. The monoisotopic (exact) mass is 496 g/mol. The lowest BCUT2D eigenvalue weighted by Gasteiger charge is -2.40. The fourth-order valence-corrected chi connectivity index (χ4v) is 6.85. The number of phenols is 7. The van der Waals surface area contributed by atoms with Crippen LogP contribution < -0.4 is 0 Å². The van der Waals surface area contributed by atoms with Crippen LogP contribution in [0.15, 0.2) is 93.5 Å². The van der Waals surface area contributed by atoms with E-state index in [1.165, 1.54) is 36.4 Å². The Bertz CT molecular complexity index is 1320. The second kappa shape index (κ2) is 8.92. The second-order valence-electron chi connectivity index (χ2n) is 7.38. The minimum atomic E-state index is -3.74. The fraction of sp³-hybridized carbons (Fsp3) is 0. The van der Waals surface area contributed by atoms with Crippen molar-refractivity contribution in [3.8, 4) is 40.2 Å². The van der Waals surface area contributed by atoms with E-state index in [1.807, 2.05) is 0 Å². The molecule has 7 N–H and O–H groups in total. The average molecular weight is 496 g/mol. The van der Waals surface area contributed by atoms with Gasteiger partial charge in [-0.25, -0.2) is 4.79 Å². The predicted molar refractivity (Wildman–Crippen MR) is 125 cm³/mol. The zero-order chi connectivity index (χ0) is 25.3. The van der Waals surface area contributed by atoms with Crippen LogP contribution in [-0.2, 0) is 4.18 Å². The summed E-state index contributed by atoms with van der Waals surface area (Å²) in [7, 11) is -3.74. The smallest absolute Gasteiger partial charge is 0.353 e. The van der Waals surface area contributed by atoms with E-state index >= 15 is 0 Å². The molecule has 0 amide bonds. The van der Waals surface area contributed by atoms with Gasteiger partial charge in [-0.1, -0.05) is 30.3 Å². The molecule has 4 rings (SSSR count). The highest BCUT2D eigenvalue weighted by atomic mass is 32.3. The lowest BCUT2D eigenvalue weighted by atomic mass is 10.2. The van der Waals surface area contributed by atoms with Gasteiger partial charge in [0.15, 0.2) is 0 Å². The number of rotatable bonds is 5.